The van der Waals surface area contributed by atoms with Gasteiger partial charge in [-0.25, -0.2) is 9.67 Å². The zero-order chi connectivity index (χ0) is 23.5. The second-order valence-corrected chi connectivity index (χ2v) is 7.47. The molecule has 0 bridgehead atoms. The highest BCUT2D eigenvalue weighted by atomic mass is 35.5. The molecule has 0 fully saturated rings. The number of amides is 1. The summed E-state index contributed by atoms with van der Waals surface area (Å²) in [6.45, 7) is 1.95. The van der Waals surface area contributed by atoms with E-state index in [4.69, 9.17) is 31.2 Å². The first-order valence-electron chi connectivity index (χ1n) is 9.84. The van der Waals surface area contributed by atoms with Gasteiger partial charge >= 0.3 is 0 Å². The first-order valence-corrected chi connectivity index (χ1v) is 10.2. The highest BCUT2D eigenvalue weighted by Crippen LogP contribution is 2.34. The van der Waals surface area contributed by atoms with Gasteiger partial charge < -0.3 is 24.9 Å². The van der Waals surface area contributed by atoms with Gasteiger partial charge in [0.1, 0.15) is 23.0 Å². The lowest BCUT2D eigenvalue weighted by Gasteiger charge is -2.07. The Hall–Kier alpha value is -4.05. The molecule has 2 heterocycles. The first-order chi connectivity index (χ1) is 15.9. The molecule has 0 aliphatic carbocycles. The van der Waals surface area contributed by atoms with E-state index in [1.807, 2.05) is 0 Å². The predicted molar refractivity (Wildman–Crippen MR) is 123 cm³/mol. The van der Waals surface area contributed by atoms with Gasteiger partial charge in [0.15, 0.2) is 11.5 Å². The number of aryl methyl sites for hydroxylation is 1. The Morgan fingerprint density at radius 2 is 1.94 bits per heavy atom. The van der Waals surface area contributed by atoms with Crippen LogP contribution >= 0.6 is 11.6 Å². The number of benzene rings is 2. The van der Waals surface area contributed by atoms with Crippen LogP contribution in [-0.4, -0.2) is 40.1 Å². The van der Waals surface area contributed by atoms with E-state index in [9.17, 15) is 4.79 Å². The number of nitrogens with two attached hydrogens (primary N) is 1. The third kappa shape index (κ3) is 4.60. The molecule has 0 aliphatic heterocycles. The average Bonchev–Trinajstić information content (AvgIpc) is 3.37. The molecule has 2 aromatic carbocycles. The molecule has 10 nitrogen and oxygen atoms in total. The summed E-state index contributed by atoms with van der Waals surface area (Å²) < 4.78 is 17.9. The van der Waals surface area contributed by atoms with E-state index >= 15 is 0 Å². The van der Waals surface area contributed by atoms with Crippen molar-refractivity contribution in [2.75, 3.05) is 25.3 Å². The lowest BCUT2D eigenvalue weighted by molar-refractivity contribution is 0.102. The minimum atomic E-state index is -0.485. The van der Waals surface area contributed by atoms with Gasteiger partial charge in [-0.1, -0.05) is 16.8 Å². The highest BCUT2D eigenvalue weighted by Gasteiger charge is 2.21. The number of hydrogen-bond acceptors (Lipinski definition) is 8. The molecule has 11 heteroatoms. The van der Waals surface area contributed by atoms with Gasteiger partial charge in [-0.15, -0.1) is 5.10 Å². The molecule has 0 spiro atoms. The highest BCUT2D eigenvalue weighted by molar-refractivity contribution is 6.30. The monoisotopic (exact) mass is 468 g/mol. The van der Waals surface area contributed by atoms with E-state index < -0.39 is 5.91 Å². The molecule has 0 saturated heterocycles. The van der Waals surface area contributed by atoms with Gasteiger partial charge in [0.05, 0.1) is 26.3 Å². The molecule has 0 atom stereocenters. The van der Waals surface area contributed by atoms with Crippen LogP contribution in [-0.2, 0) is 6.54 Å². The lowest BCUT2D eigenvalue weighted by atomic mass is 10.2. The third-order valence-corrected chi connectivity index (χ3v) is 5.17. The minimum absolute atomic E-state index is 0.00291. The van der Waals surface area contributed by atoms with Gasteiger partial charge in [0.25, 0.3) is 5.91 Å². The van der Waals surface area contributed by atoms with Gasteiger partial charge in [0.2, 0.25) is 5.89 Å². The summed E-state index contributed by atoms with van der Waals surface area (Å²) in [6, 6.07) is 12.0. The number of methoxy groups -OCH3 is 2. The zero-order valence-electron chi connectivity index (χ0n) is 18.1. The van der Waals surface area contributed by atoms with Crippen molar-refractivity contribution in [1.29, 1.82) is 0 Å². The Balaban J connectivity index is 1.55. The zero-order valence-corrected chi connectivity index (χ0v) is 18.9. The molecular weight excluding hydrogens is 448 g/mol. The van der Waals surface area contributed by atoms with Crippen molar-refractivity contribution in [3.63, 3.8) is 0 Å². The quantitative estimate of drug-likeness (QED) is 0.419. The van der Waals surface area contributed by atoms with Crippen LogP contribution in [0.15, 0.2) is 46.9 Å². The van der Waals surface area contributed by atoms with Gasteiger partial charge in [-0.3, -0.25) is 4.79 Å². The molecule has 0 radical (unpaired) electrons. The molecule has 0 unspecified atom stereocenters. The molecule has 170 valence electrons. The number of hydrogen-bond donors (Lipinski definition) is 2. The summed E-state index contributed by atoms with van der Waals surface area (Å²) in [5, 5.41) is 11.2. The summed E-state index contributed by atoms with van der Waals surface area (Å²) in [7, 11) is 3.13. The number of ether oxygens (including phenoxy) is 2. The molecule has 4 aromatic rings. The maximum absolute atomic E-state index is 12.6. The Bertz CT molecular complexity index is 1300. The van der Waals surface area contributed by atoms with Gasteiger partial charge in [0, 0.05) is 16.8 Å². The molecule has 1 amide bonds. The normalized spacial score (nSPS) is 10.8. The molecule has 2 aromatic heterocycles. The standard InChI is InChI=1S/C22H21ClN6O4/c1-12-17(26-22(33-12)16-9-8-15(31-2)10-18(16)32-3)11-29-20(24)19(27-28-29)21(30)25-14-6-4-13(23)5-7-14/h4-10H,11,24H2,1-3H3,(H,25,30). The number of aromatic nitrogens is 4. The van der Waals surface area contributed by atoms with Crippen molar-refractivity contribution in [2.24, 2.45) is 0 Å². The SMILES string of the molecule is COc1ccc(-c2nc(Cn3nnc(C(=O)Nc4ccc(Cl)cc4)c3N)c(C)o2)c(OC)c1. The number of carbonyl (C=O) groups excluding carboxylic acids is 1. The Morgan fingerprint density at radius 1 is 1.18 bits per heavy atom. The number of anilines is 2. The molecule has 0 saturated carbocycles. The predicted octanol–water partition coefficient (Wildman–Crippen LogP) is 3.79. The van der Waals surface area contributed by atoms with Crippen LogP contribution in [0.3, 0.4) is 0 Å². The maximum atomic E-state index is 12.6. The number of nitrogens with one attached hydrogen (secondary N) is 1. The molecule has 3 N–H and O–H groups in total. The summed E-state index contributed by atoms with van der Waals surface area (Å²) in [5.41, 5.74) is 7.96. The van der Waals surface area contributed by atoms with Crippen molar-refractivity contribution < 1.29 is 18.7 Å². The Labute approximate surface area is 194 Å². The summed E-state index contributed by atoms with van der Waals surface area (Å²) in [5.74, 6) is 1.78. The second kappa shape index (κ2) is 9.21. The van der Waals surface area contributed by atoms with E-state index in [1.54, 1.807) is 63.6 Å². The molecule has 33 heavy (non-hydrogen) atoms. The van der Waals surface area contributed by atoms with Crippen molar-refractivity contribution in [3.8, 4) is 23.0 Å². The number of nitrogen functional groups attached to an aromatic ring is 1. The number of halogens is 1. The van der Waals surface area contributed by atoms with Crippen molar-refractivity contribution in [3.05, 3.63) is 64.6 Å². The van der Waals surface area contributed by atoms with Crippen LogP contribution in [0.25, 0.3) is 11.5 Å². The fraction of sp³-hybridized carbons (Fsp3) is 0.182. The summed E-state index contributed by atoms with van der Waals surface area (Å²) >= 11 is 5.87. The summed E-state index contributed by atoms with van der Waals surface area (Å²) in [6.07, 6.45) is 0. The maximum Gasteiger partial charge on any atom is 0.280 e. The van der Waals surface area contributed by atoms with Crippen molar-refractivity contribution in [1.82, 2.24) is 20.0 Å². The third-order valence-electron chi connectivity index (χ3n) is 4.92. The fourth-order valence-corrected chi connectivity index (χ4v) is 3.26. The average molecular weight is 469 g/mol. The lowest BCUT2D eigenvalue weighted by Crippen LogP contribution is -2.15. The van der Waals surface area contributed by atoms with Crippen LogP contribution in [0.5, 0.6) is 11.5 Å². The molecule has 4 rings (SSSR count). The van der Waals surface area contributed by atoms with Crippen LogP contribution in [0.2, 0.25) is 5.02 Å². The van der Waals surface area contributed by atoms with Gasteiger partial charge in [-0.05, 0) is 43.3 Å². The minimum Gasteiger partial charge on any atom is -0.497 e. The van der Waals surface area contributed by atoms with Crippen LogP contribution in [0.4, 0.5) is 11.5 Å². The number of carbonyl (C=O) groups is 1. The van der Waals surface area contributed by atoms with E-state index in [-0.39, 0.29) is 18.1 Å². The fourth-order valence-electron chi connectivity index (χ4n) is 3.13. The van der Waals surface area contributed by atoms with E-state index in [0.717, 1.165) is 0 Å². The van der Waals surface area contributed by atoms with E-state index in [0.29, 0.717) is 45.1 Å². The number of rotatable bonds is 7. The Morgan fingerprint density at radius 3 is 2.64 bits per heavy atom. The first kappa shape index (κ1) is 22.2. The van der Waals surface area contributed by atoms with Crippen LogP contribution in [0, 0.1) is 6.92 Å². The van der Waals surface area contributed by atoms with Gasteiger partial charge in [-0.2, -0.15) is 0 Å². The van der Waals surface area contributed by atoms with Crippen molar-refractivity contribution >= 4 is 29.0 Å². The topological polar surface area (TPSA) is 130 Å². The molecule has 0 aliphatic rings. The number of oxazole rings is 1. The Kier molecular flexibility index (Phi) is 6.18. The largest absolute Gasteiger partial charge is 0.497 e. The summed E-state index contributed by atoms with van der Waals surface area (Å²) in [4.78, 5) is 17.1. The molecular formula is C22H21ClN6O4. The smallest absolute Gasteiger partial charge is 0.280 e. The van der Waals surface area contributed by atoms with Crippen LogP contribution in [0.1, 0.15) is 21.9 Å². The second-order valence-electron chi connectivity index (χ2n) is 7.03. The van der Waals surface area contributed by atoms with Crippen LogP contribution < -0.4 is 20.5 Å². The van der Waals surface area contributed by atoms with E-state index in [2.05, 4.69) is 20.6 Å². The number of nitrogens with zero attached hydrogens (tertiary/aromatic N) is 4. The van der Waals surface area contributed by atoms with Crippen molar-refractivity contribution in [2.45, 2.75) is 13.5 Å². The van der Waals surface area contributed by atoms with E-state index in [1.165, 1.54) is 4.68 Å².